The molecule has 0 bridgehead atoms. The molecule has 0 radical (unpaired) electrons. The Hall–Kier alpha value is -3.01. The molecule has 204 valence electrons. The van der Waals surface area contributed by atoms with Crippen LogP contribution >= 0.6 is 11.6 Å². The predicted octanol–water partition coefficient (Wildman–Crippen LogP) is 4.57. The van der Waals surface area contributed by atoms with Crippen LogP contribution in [0.1, 0.15) is 42.5 Å². The van der Waals surface area contributed by atoms with E-state index in [0.717, 1.165) is 68.6 Å². The normalized spacial score (nSPS) is 13.8. The summed E-state index contributed by atoms with van der Waals surface area (Å²) in [5, 5.41) is 17.3. The van der Waals surface area contributed by atoms with Gasteiger partial charge in [-0.3, -0.25) is 0 Å². The number of aryl methyl sites for hydroxylation is 3. The first kappa shape index (κ1) is 28.0. The molecule has 9 nitrogen and oxygen atoms in total. The number of para-hydroxylation sites is 1. The fourth-order valence-corrected chi connectivity index (χ4v) is 5.04. The maximum atomic E-state index is 12.1. The third-order valence-electron chi connectivity index (χ3n) is 6.98. The van der Waals surface area contributed by atoms with Gasteiger partial charge in [0.2, 0.25) is 5.28 Å². The minimum absolute atomic E-state index is 0.0801. The molecule has 0 fully saturated rings. The van der Waals surface area contributed by atoms with E-state index in [1.807, 2.05) is 24.3 Å². The standard InChI is InChI=1S/C28H37ClN6O3/c1-19-18-20-8-7-13-30-25(20)31-22(19)10-5-6-14-35(16-17-38-2)15-12-24(27(36)37)32-26-21-9-3-4-11-23(21)33-28(29)34-26/h3-4,9,11,18,24H,5-8,10,12-17H2,1-2H3,(H,30,31)(H,36,37)(H,32,33,34)/t24-/m0/s1. The fourth-order valence-electron chi connectivity index (χ4n) is 4.87. The van der Waals surface area contributed by atoms with Crippen LogP contribution in [0.5, 0.6) is 0 Å². The van der Waals surface area contributed by atoms with Crippen LogP contribution in [0.25, 0.3) is 10.9 Å². The summed E-state index contributed by atoms with van der Waals surface area (Å²) in [6.07, 6.45) is 5.60. The van der Waals surface area contributed by atoms with E-state index in [1.54, 1.807) is 7.11 Å². The maximum Gasteiger partial charge on any atom is 0.326 e. The van der Waals surface area contributed by atoms with E-state index in [4.69, 9.17) is 21.3 Å². The van der Waals surface area contributed by atoms with Crippen molar-refractivity contribution in [2.75, 3.05) is 50.5 Å². The van der Waals surface area contributed by atoms with Gasteiger partial charge in [-0.25, -0.2) is 19.7 Å². The average Bonchev–Trinajstić information content (AvgIpc) is 2.91. The van der Waals surface area contributed by atoms with Gasteiger partial charge in [-0.05, 0) is 86.9 Å². The quantitative estimate of drug-likeness (QED) is 0.200. The second-order valence-electron chi connectivity index (χ2n) is 9.76. The number of carboxylic acid groups (broad SMARTS) is 1. The van der Waals surface area contributed by atoms with Gasteiger partial charge in [0.1, 0.15) is 17.7 Å². The molecule has 10 heteroatoms. The Kier molecular flexibility index (Phi) is 10.1. The highest BCUT2D eigenvalue weighted by Crippen LogP contribution is 2.24. The minimum atomic E-state index is -0.932. The number of hydrogen-bond donors (Lipinski definition) is 3. The van der Waals surface area contributed by atoms with Crippen LogP contribution in [-0.4, -0.2) is 76.9 Å². The third kappa shape index (κ3) is 7.52. The van der Waals surface area contributed by atoms with Gasteiger partial charge < -0.3 is 25.4 Å². The van der Waals surface area contributed by atoms with Gasteiger partial charge in [0.15, 0.2) is 0 Å². The van der Waals surface area contributed by atoms with Gasteiger partial charge >= 0.3 is 5.97 Å². The maximum absolute atomic E-state index is 12.1. The van der Waals surface area contributed by atoms with Crippen LogP contribution in [-0.2, 0) is 22.4 Å². The lowest BCUT2D eigenvalue weighted by molar-refractivity contribution is -0.138. The predicted molar refractivity (Wildman–Crippen MR) is 151 cm³/mol. The summed E-state index contributed by atoms with van der Waals surface area (Å²) < 4.78 is 5.31. The van der Waals surface area contributed by atoms with Gasteiger partial charge in [0.25, 0.3) is 0 Å². The topological polar surface area (TPSA) is 113 Å². The monoisotopic (exact) mass is 540 g/mol. The van der Waals surface area contributed by atoms with Crippen molar-refractivity contribution in [3.63, 3.8) is 0 Å². The summed E-state index contributed by atoms with van der Waals surface area (Å²) >= 11 is 6.09. The summed E-state index contributed by atoms with van der Waals surface area (Å²) in [4.78, 5) is 27.7. The van der Waals surface area contributed by atoms with Crippen LogP contribution in [0.4, 0.5) is 11.6 Å². The van der Waals surface area contributed by atoms with Crippen LogP contribution in [0.3, 0.4) is 0 Å². The first-order valence-corrected chi connectivity index (χ1v) is 13.7. The number of aromatic nitrogens is 3. The molecule has 3 aromatic rings. The first-order valence-electron chi connectivity index (χ1n) is 13.3. The smallest absolute Gasteiger partial charge is 0.326 e. The summed E-state index contributed by atoms with van der Waals surface area (Å²) in [5.41, 5.74) is 4.41. The molecule has 1 aliphatic rings. The Morgan fingerprint density at radius 2 is 2.05 bits per heavy atom. The van der Waals surface area contributed by atoms with Crippen molar-refractivity contribution >= 4 is 40.1 Å². The van der Waals surface area contributed by atoms with E-state index >= 15 is 0 Å². The van der Waals surface area contributed by atoms with Crippen LogP contribution < -0.4 is 10.6 Å². The number of hydrogen-bond acceptors (Lipinski definition) is 8. The SMILES string of the molecule is COCCN(CCCCc1nc2c(cc1C)CCCN2)CC[C@H](Nc1nc(Cl)nc2ccccc12)C(=O)O. The number of fused-ring (bicyclic) bond motifs is 2. The molecule has 1 atom stereocenters. The second-order valence-corrected chi connectivity index (χ2v) is 10.1. The number of unbranched alkanes of at least 4 members (excludes halogenated alkanes) is 1. The second kappa shape index (κ2) is 13.7. The molecule has 0 saturated carbocycles. The zero-order valence-electron chi connectivity index (χ0n) is 22.2. The lowest BCUT2D eigenvalue weighted by atomic mass is 10.0. The van der Waals surface area contributed by atoms with Crippen LogP contribution in [0, 0.1) is 6.92 Å². The molecule has 1 aromatic carbocycles. The van der Waals surface area contributed by atoms with Gasteiger partial charge in [-0.1, -0.05) is 18.2 Å². The number of aliphatic carboxylic acids is 1. The number of halogens is 1. The van der Waals surface area contributed by atoms with Crippen molar-refractivity contribution in [3.05, 3.63) is 52.4 Å². The molecular weight excluding hydrogens is 504 g/mol. The molecule has 0 aliphatic carbocycles. The Labute approximate surface area is 229 Å². The number of nitrogens with one attached hydrogen (secondary N) is 2. The lowest BCUT2D eigenvalue weighted by Crippen LogP contribution is -2.37. The van der Waals surface area contributed by atoms with Crippen molar-refractivity contribution in [1.82, 2.24) is 19.9 Å². The van der Waals surface area contributed by atoms with E-state index in [0.29, 0.717) is 30.9 Å². The van der Waals surface area contributed by atoms with Gasteiger partial charge in [-0.15, -0.1) is 0 Å². The highest BCUT2D eigenvalue weighted by atomic mass is 35.5. The Balaban J connectivity index is 1.33. The number of carboxylic acids is 1. The highest BCUT2D eigenvalue weighted by molar-refractivity contribution is 6.28. The molecule has 0 unspecified atom stereocenters. The summed E-state index contributed by atoms with van der Waals surface area (Å²) in [6, 6.07) is 8.87. The van der Waals surface area contributed by atoms with E-state index in [1.165, 1.54) is 11.1 Å². The van der Waals surface area contributed by atoms with Crippen molar-refractivity contribution in [2.45, 2.75) is 51.5 Å². The number of methoxy groups -OCH3 is 1. The van der Waals surface area contributed by atoms with E-state index in [9.17, 15) is 9.90 Å². The number of rotatable bonds is 14. The van der Waals surface area contributed by atoms with Gasteiger partial charge in [0, 0.05) is 37.8 Å². The van der Waals surface area contributed by atoms with E-state index < -0.39 is 12.0 Å². The number of benzene rings is 1. The molecule has 2 aromatic heterocycles. The largest absolute Gasteiger partial charge is 0.480 e. The zero-order chi connectivity index (χ0) is 26.9. The first-order chi connectivity index (χ1) is 18.4. The van der Waals surface area contributed by atoms with Crippen molar-refractivity contribution in [1.29, 1.82) is 0 Å². The Bertz CT molecular complexity index is 1240. The third-order valence-corrected chi connectivity index (χ3v) is 7.15. The molecule has 0 spiro atoms. The molecule has 4 rings (SSSR count). The molecule has 3 heterocycles. The van der Waals surface area contributed by atoms with Gasteiger partial charge in [0.05, 0.1) is 12.1 Å². The molecule has 0 amide bonds. The zero-order valence-corrected chi connectivity index (χ0v) is 22.9. The molecule has 0 saturated heterocycles. The van der Waals surface area contributed by atoms with E-state index in [-0.39, 0.29) is 5.28 Å². The van der Waals surface area contributed by atoms with Crippen LogP contribution in [0.15, 0.2) is 30.3 Å². The van der Waals surface area contributed by atoms with Crippen molar-refractivity contribution in [2.24, 2.45) is 0 Å². The van der Waals surface area contributed by atoms with Crippen molar-refractivity contribution in [3.8, 4) is 0 Å². The average molecular weight is 541 g/mol. The molecule has 38 heavy (non-hydrogen) atoms. The number of carbonyl (C=O) groups is 1. The molecule has 3 N–H and O–H groups in total. The minimum Gasteiger partial charge on any atom is -0.480 e. The number of nitrogens with zero attached hydrogens (tertiary/aromatic N) is 4. The molecular formula is C28H37ClN6O3. The summed E-state index contributed by atoms with van der Waals surface area (Å²) in [5.74, 6) is 0.542. The Morgan fingerprint density at radius 1 is 1.21 bits per heavy atom. The van der Waals surface area contributed by atoms with Crippen LogP contribution in [0.2, 0.25) is 5.28 Å². The molecule has 1 aliphatic heterocycles. The van der Waals surface area contributed by atoms with Gasteiger partial charge in [-0.2, -0.15) is 0 Å². The number of ether oxygens (including phenoxy) is 1. The lowest BCUT2D eigenvalue weighted by Gasteiger charge is -2.24. The van der Waals surface area contributed by atoms with E-state index in [2.05, 4.69) is 38.5 Å². The number of pyridine rings is 1. The summed E-state index contributed by atoms with van der Waals surface area (Å²) in [7, 11) is 1.68. The fraction of sp³-hybridized carbons (Fsp3) is 0.500. The highest BCUT2D eigenvalue weighted by Gasteiger charge is 2.21. The summed E-state index contributed by atoms with van der Waals surface area (Å²) in [6.45, 7) is 5.95. The number of anilines is 2. The van der Waals surface area contributed by atoms with Crippen molar-refractivity contribution < 1.29 is 14.6 Å². The Morgan fingerprint density at radius 3 is 2.87 bits per heavy atom.